The Morgan fingerprint density at radius 1 is 1.35 bits per heavy atom. The summed E-state index contributed by atoms with van der Waals surface area (Å²) in [6.07, 6.45) is 5.07. The minimum atomic E-state index is -0.0326. The summed E-state index contributed by atoms with van der Waals surface area (Å²) in [5, 5.41) is 2.60. The molecule has 0 saturated carbocycles. The number of nitrogens with one attached hydrogen (secondary N) is 1. The summed E-state index contributed by atoms with van der Waals surface area (Å²) in [6.45, 7) is 2.23. The quantitative estimate of drug-likeness (QED) is 0.771. The number of hydrogen-bond acceptors (Lipinski definition) is 3. The number of carbonyl (C=O) groups excluding carboxylic acids is 2. The number of hydrogen-bond donors (Lipinski definition) is 1. The number of ether oxygens (including phenoxy) is 1. The van der Waals surface area contributed by atoms with E-state index >= 15 is 0 Å². The van der Waals surface area contributed by atoms with Gasteiger partial charge in [-0.2, -0.15) is 0 Å². The topological polar surface area (TPSA) is 58.6 Å². The molecule has 0 radical (unpaired) electrons. The van der Waals surface area contributed by atoms with Gasteiger partial charge in [-0.3, -0.25) is 9.59 Å². The van der Waals surface area contributed by atoms with Crippen LogP contribution in [0.25, 0.3) is 0 Å². The molecule has 5 nitrogen and oxygen atoms in total. The normalized spacial score (nSPS) is 26.6. The Balaban J connectivity index is 1.76. The lowest BCUT2D eigenvalue weighted by Gasteiger charge is -2.26. The standard InChI is InChI=1S/C12H20N2O3/c15-11-5-7-14(12(16)9-13-11)6-4-10-3-1-2-8-17-10/h10H,1-9H2,(H,13,15). The average Bonchev–Trinajstić information content (AvgIpc) is 2.52. The number of rotatable bonds is 3. The highest BCUT2D eigenvalue weighted by Gasteiger charge is 2.21. The van der Waals surface area contributed by atoms with Crippen LogP contribution in [0, 0.1) is 0 Å². The molecule has 1 atom stereocenters. The monoisotopic (exact) mass is 240 g/mol. The maximum atomic E-state index is 11.7. The Kier molecular flexibility index (Phi) is 4.36. The maximum Gasteiger partial charge on any atom is 0.241 e. The van der Waals surface area contributed by atoms with Gasteiger partial charge in [0, 0.05) is 26.1 Å². The van der Waals surface area contributed by atoms with Crippen molar-refractivity contribution in [3.8, 4) is 0 Å². The molecule has 17 heavy (non-hydrogen) atoms. The van der Waals surface area contributed by atoms with Gasteiger partial charge in [0.2, 0.25) is 11.8 Å². The molecule has 2 heterocycles. The van der Waals surface area contributed by atoms with Crippen molar-refractivity contribution < 1.29 is 14.3 Å². The summed E-state index contributed by atoms with van der Waals surface area (Å²) in [7, 11) is 0. The van der Waals surface area contributed by atoms with Crippen molar-refractivity contribution in [2.24, 2.45) is 0 Å². The van der Waals surface area contributed by atoms with Crippen LogP contribution in [-0.2, 0) is 14.3 Å². The first kappa shape index (κ1) is 12.4. The first-order valence-corrected chi connectivity index (χ1v) is 6.42. The van der Waals surface area contributed by atoms with Gasteiger partial charge in [0.25, 0.3) is 0 Å². The summed E-state index contributed by atoms with van der Waals surface area (Å²) in [5.41, 5.74) is 0. The Morgan fingerprint density at radius 3 is 3.00 bits per heavy atom. The van der Waals surface area contributed by atoms with Gasteiger partial charge in [-0.25, -0.2) is 0 Å². The summed E-state index contributed by atoms with van der Waals surface area (Å²) < 4.78 is 5.64. The summed E-state index contributed by atoms with van der Waals surface area (Å²) >= 11 is 0. The molecule has 2 aliphatic heterocycles. The molecule has 0 aromatic heterocycles. The van der Waals surface area contributed by atoms with Gasteiger partial charge in [0.1, 0.15) is 0 Å². The lowest BCUT2D eigenvalue weighted by atomic mass is 10.1. The molecule has 1 N–H and O–H groups in total. The molecule has 1 unspecified atom stereocenters. The SMILES string of the molecule is O=C1CCN(CCC2CCCCO2)C(=O)CN1. The maximum absolute atomic E-state index is 11.7. The summed E-state index contributed by atoms with van der Waals surface area (Å²) in [6, 6.07) is 0. The fraction of sp³-hybridized carbons (Fsp3) is 0.833. The molecule has 96 valence electrons. The van der Waals surface area contributed by atoms with Crippen molar-refractivity contribution in [3.05, 3.63) is 0 Å². The molecule has 0 aliphatic carbocycles. The van der Waals surface area contributed by atoms with E-state index < -0.39 is 0 Å². The molecule has 2 saturated heterocycles. The van der Waals surface area contributed by atoms with Crippen molar-refractivity contribution >= 4 is 11.8 Å². The molecule has 0 aromatic carbocycles. The van der Waals surface area contributed by atoms with Crippen molar-refractivity contribution in [3.63, 3.8) is 0 Å². The van der Waals surface area contributed by atoms with Crippen LogP contribution in [-0.4, -0.2) is 49.1 Å². The average molecular weight is 240 g/mol. The highest BCUT2D eigenvalue weighted by Crippen LogP contribution is 2.16. The predicted molar refractivity (Wildman–Crippen MR) is 62.4 cm³/mol. The van der Waals surface area contributed by atoms with E-state index in [0.717, 1.165) is 25.9 Å². The number of nitrogens with zero attached hydrogens (tertiary/aromatic N) is 1. The second-order valence-corrected chi connectivity index (χ2v) is 4.68. The van der Waals surface area contributed by atoms with Gasteiger partial charge >= 0.3 is 0 Å². The fourth-order valence-electron chi connectivity index (χ4n) is 2.31. The van der Waals surface area contributed by atoms with Crippen LogP contribution in [0.4, 0.5) is 0 Å². The fourth-order valence-corrected chi connectivity index (χ4v) is 2.31. The number of carbonyl (C=O) groups is 2. The Labute approximate surface area is 101 Å². The second kappa shape index (κ2) is 6.00. The Bertz CT molecular complexity index is 287. The predicted octanol–water partition coefficient (Wildman–Crippen LogP) is 0.294. The minimum Gasteiger partial charge on any atom is -0.378 e. The molecule has 0 bridgehead atoms. The van der Waals surface area contributed by atoms with Crippen LogP contribution in [0.5, 0.6) is 0 Å². The van der Waals surface area contributed by atoms with Crippen LogP contribution in [0.15, 0.2) is 0 Å². The lowest BCUT2D eigenvalue weighted by molar-refractivity contribution is -0.130. The molecular formula is C12H20N2O3. The van der Waals surface area contributed by atoms with E-state index in [0.29, 0.717) is 25.6 Å². The van der Waals surface area contributed by atoms with Crippen molar-refractivity contribution in [2.45, 2.75) is 38.2 Å². The van der Waals surface area contributed by atoms with Gasteiger partial charge in [-0.15, -0.1) is 0 Å². The van der Waals surface area contributed by atoms with Crippen LogP contribution in [0.2, 0.25) is 0 Å². The third-order valence-electron chi connectivity index (χ3n) is 3.39. The molecule has 2 fully saturated rings. The Morgan fingerprint density at radius 2 is 2.24 bits per heavy atom. The lowest BCUT2D eigenvalue weighted by Crippen LogP contribution is -2.37. The van der Waals surface area contributed by atoms with Crippen LogP contribution < -0.4 is 5.32 Å². The van der Waals surface area contributed by atoms with E-state index in [1.54, 1.807) is 4.90 Å². The van der Waals surface area contributed by atoms with E-state index in [2.05, 4.69) is 5.32 Å². The molecule has 2 aliphatic rings. The molecule has 2 amide bonds. The smallest absolute Gasteiger partial charge is 0.241 e. The van der Waals surface area contributed by atoms with E-state index in [1.807, 2.05) is 0 Å². The van der Waals surface area contributed by atoms with Crippen LogP contribution >= 0.6 is 0 Å². The van der Waals surface area contributed by atoms with E-state index in [-0.39, 0.29) is 18.4 Å². The zero-order valence-electron chi connectivity index (χ0n) is 10.1. The van der Waals surface area contributed by atoms with E-state index in [1.165, 1.54) is 6.42 Å². The first-order valence-electron chi connectivity index (χ1n) is 6.42. The Hall–Kier alpha value is -1.10. The van der Waals surface area contributed by atoms with E-state index in [4.69, 9.17) is 4.74 Å². The van der Waals surface area contributed by atoms with Gasteiger partial charge < -0.3 is 15.0 Å². The molecular weight excluding hydrogens is 220 g/mol. The van der Waals surface area contributed by atoms with Gasteiger partial charge in [-0.05, 0) is 25.7 Å². The third kappa shape index (κ3) is 3.70. The van der Waals surface area contributed by atoms with Crippen LogP contribution in [0.3, 0.4) is 0 Å². The summed E-state index contributed by atoms with van der Waals surface area (Å²) in [5.74, 6) is -0.0126. The van der Waals surface area contributed by atoms with E-state index in [9.17, 15) is 9.59 Å². The van der Waals surface area contributed by atoms with Crippen molar-refractivity contribution in [1.29, 1.82) is 0 Å². The molecule has 0 spiro atoms. The largest absolute Gasteiger partial charge is 0.378 e. The van der Waals surface area contributed by atoms with Crippen molar-refractivity contribution in [1.82, 2.24) is 10.2 Å². The van der Waals surface area contributed by atoms with Crippen molar-refractivity contribution in [2.75, 3.05) is 26.2 Å². The van der Waals surface area contributed by atoms with Gasteiger partial charge in [0.05, 0.1) is 12.6 Å². The summed E-state index contributed by atoms with van der Waals surface area (Å²) in [4.78, 5) is 24.6. The highest BCUT2D eigenvalue weighted by molar-refractivity contribution is 5.87. The van der Waals surface area contributed by atoms with Crippen LogP contribution in [0.1, 0.15) is 32.1 Å². The zero-order chi connectivity index (χ0) is 12.1. The van der Waals surface area contributed by atoms with Gasteiger partial charge in [-0.1, -0.05) is 0 Å². The minimum absolute atomic E-state index is 0.0201. The van der Waals surface area contributed by atoms with Gasteiger partial charge in [0.15, 0.2) is 0 Å². The first-order chi connectivity index (χ1) is 8.25. The molecule has 5 heteroatoms. The third-order valence-corrected chi connectivity index (χ3v) is 3.39. The highest BCUT2D eigenvalue weighted by atomic mass is 16.5. The molecule has 2 rings (SSSR count). The second-order valence-electron chi connectivity index (χ2n) is 4.68. The molecule has 0 aromatic rings. The number of amides is 2. The zero-order valence-corrected chi connectivity index (χ0v) is 10.1.